The highest BCUT2D eigenvalue weighted by Crippen LogP contribution is 2.30. The molecule has 1 saturated carbocycles. The number of aromatic nitrogens is 2. The molecule has 6 heteroatoms. The van der Waals surface area contributed by atoms with E-state index in [2.05, 4.69) is 10.2 Å². The molecule has 3 aliphatic rings. The lowest BCUT2D eigenvalue weighted by Gasteiger charge is -2.30. The first-order chi connectivity index (χ1) is 11.1. The molecule has 0 bridgehead atoms. The number of hydrogen-bond acceptors (Lipinski definition) is 3. The van der Waals surface area contributed by atoms with Crippen LogP contribution in [0.2, 0.25) is 0 Å². The minimum Gasteiger partial charge on any atom is -0.338 e. The summed E-state index contributed by atoms with van der Waals surface area (Å²) in [6.45, 7) is 3.10. The molecule has 1 aliphatic heterocycles. The van der Waals surface area contributed by atoms with Gasteiger partial charge < -0.3 is 9.80 Å². The van der Waals surface area contributed by atoms with Crippen molar-refractivity contribution in [1.29, 1.82) is 0 Å². The lowest BCUT2D eigenvalue weighted by molar-refractivity contribution is -0.130. The van der Waals surface area contributed by atoms with Crippen LogP contribution in [0.25, 0.3) is 0 Å². The largest absolute Gasteiger partial charge is 0.338 e. The zero-order valence-electron chi connectivity index (χ0n) is 13.7. The van der Waals surface area contributed by atoms with Gasteiger partial charge in [-0.05, 0) is 44.9 Å². The van der Waals surface area contributed by atoms with E-state index < -0.39 is 0 Å². The van der Waals surface area contributed by atoms with Crippen molar-refractivity contribution in [2.45, 2.75) is 64.0 Å². The summed E-state index contributed by atoms with van der Waals surface area (Å²) in [6.07, 6.45) is 7.26. The van der Waals surface area contributed by atoms with Crippen LogP contribution in [0.5, 0.6) is 0 Å². The van der Waals surface area contributed by atoms with Crippen molar-refractivity contribution in [3.05, 3.63) is 17.0 Å². The molecule has 1 atom stereocenters. The van der Waals surface area contributed by atoms with E-state index in [-0.39, 0.29) is 17.9 Å². The zero-order valence-corrected chi connectivity index (χ0v) is 13.7. The van der Waals surface area contributed by atoms with Gasteiger partial charge in [0.15, 0.2) is 5.69 Å². The molecule has 2 fully saturated rings. The van der Waals surface area contributed by atoms with Crippen LogP contribution in [0.4, 0.5) is 0 Å². The lowest BCUT2D eigenvalue weighted by Crippen LogP contribution is -2.45. The maximum absolute atomic E-state index is 13.0. The highest BCUT2D eigenvalue weighted by atomic mass is 16.2. The highest BCUT2D eigenvalue weighted by Gasteiger charge is 2.38. The average molecular weight is 316 g/mol. The van der Waals surface area contributed by atoms with Crippen molar-refractivity contribution in [3.63, 3.8) is 0 Å². The summed E-state index contributed by atoms with van der Waals surface area (Å²) in [6, 6.07) is 0.542. The molecule has 6 nitrogen and oxygen atoms in total. The van der Waals surface area contributed by atoms with E-state index in [1.807, 2.05) is 9.80 Å². The summed E-state index contributed by atoms with van der Waals surface area (Å²) in [4.78, 5) is 28.7. The second kappa shape index (κ2) is 5.65. The molecule has 1 saturated heterocycles. The third kappa shape index (κ3) is 2.64. The van der Waals surface area contributed by atoms with Gasteiger partial charge in [0, 0.05) is 43.4 Å². The second-order valence-corrected chi connectivity index (χ2v) is 7.08. The van der Waals surface area contributed by atoms with Gasteiger partial charge in [0.05, 0.1) is 0 Å². The Morgan fingerprint density at radius 1 is 1.26 bits per heavy atom. The van der Waals surface area contributed by atoms with Gasteiger partial charge in [-0.3, -0.25) is 14.7 Å². The number of H-pyrrole nitrogens is 1. The van der Waals surface area contributed by atoms with Crippen LogP contribution in [0.15, 0.2) is 0 Å². The molecular formula is C17H24N4O2. The Kier molecular flexibility index (Phi) is 3.62. The fraction of sp³-hybridized carbons (Fsp3) is 0.706. The molecule has 4 rings (SSSR count). The predicted molar refractivity (Wildman–Crippen MR) is 85.1 cm³/mol. The Hall–Kier alpha value is -1.85. The normalized spacial score (nSPS) is 23.2. The molecule has 2 amide bonds. The number of carbonyl (C=O) groups is 2. The molecule has 1 aromatic rings. The van der Waals surface area contributed by atoms with E-state index in [0.717, 1.165) is 62.7 Å². The Morgan fingerprint density at radius 2 is 2.09 bits per heavy atom. The van der Waals surface area contributed by atoms with Gasteiger partial charge in [-0.1, -0.05) is 0 Å². The minimum absolute atomic E-state index is 0.0474. The summed E-state index contributed by atoms with van der Waals surface area (Å²) in [5.41, 5.74) is 2.86. The molecule has 1 unspecified atom stereocenters. The zero-order chi connectivity index (χ0) is 16.0. The van der Waals surface area contributed by atoms with Crippen molar-refractivity contribution >= 4 is 11.8 Å². The number of carbonyl (C=O) groups excluding carboxylic acids is 2. The number of likely N-dealkylation sites (tertiary alicyclic amines) is 1. The molecule has 0 radical (unpaired) electrons. The van der Waals surface area contributed by atoms with Crippen LogP contribution >= 0.6 is 0 Å². The molecule has 2 aliphatic carbocycles. The van der Waals surface area contributed by atoms with Crippen LogP contribution in [-0.2, 0) is 17.6 Å². The van der Waals surface area contributed by atoms with Gasteiger partial charge in [0.2, 0.25) is 5.91 Å². The highest BCUT2D eigenvalue weighted by molar-refractivity contribution is 5.94. The van der Waals surface area contributed by atoms with Gasteiger partial charge in [-0.2, -0.15) is 5.10 Å². The van der Waals surface area contributed by atoms with Gasteiger partial charge >= 0.3 is 0 Å². The molecule has 2 heterocycles. The minimum atomic E-state index is 0.0474. The molecular weight excluding hydrogens is 292 g/mol. The number of amides is 2. The SMILES string of the molecule is CC(=O)N(CC1CCCN1C(=O)c1n[nH]c2c1CCC2)C1CC1. The van der Waals surface area contributed by atoms with Gasteiger partial charge in [0.1, 0.15) is 0 Å². The molecule has 1 aromatic heterocycles. The fourth-order valence-corrected chi connectivity index (χ4v) is 4.07. The second-order valence-electron chi connectivity index (χ2n) is 7.08. The van der Waals surface area contributed by atoms with Gasteiger partial charge in [-0.25, -0.2) is 0 Å². The van der Waals surface area contributed by atoms with E-state index in [4.69, 9.17) is 0 Å². The van der Waals surface area contributed by atoms with Crippen molar-refractivity contribution < 1.29 is 9.59 Å². The Labute approximate surface area is 136 Å². The van der Waals surface area contributed by atoms with Crippen molar-refractivity contribution in [2.75, 3.05) is 13.1 Å². The number of nitrogens with zero attached hydrogens (tertiary/aromatic N) is 3. The number of aryl methyl sites for hydroxylation is 1. The van der Waals surface area contributed by atoms with Crippen LogP contribution < -0.4 is 0 Å². The predicted octanol–water partition coefficient (Wildman–Crippen LogP) is 1.51. The maximum Gasteiger partial charge on any atom is 0.274 e. The standard InChI is InChI=1S/C17H24N4O2/c1-11(22)21(12-7-8-12)10-13-4-3-9-20(13)17(23)16-14-5-2-6-15(14)18-19-16/h12-13H,2-10H2,1H3,(H,18,19). The average Bonchev–Trinajstić information content (AvgIpc) is 2.95. The maximum atomic E-state index is 13.0. The number of nitrogens with one attached hydrogen (secondary N) is 1. The van der Waals surface area contributed by atoms with Crippen LogP contribution in [0, 0.1) is 0 Å². The van der Waals surface area contributed by atoms with Gasteiger partial charge in [-0.15, -0.1) is 0 Å². The topological polar surface area (TPSA) is 69.3 Å². The Bertz CT molecular complexity index is 635. The quantitative estimate of drug-likeness (QED) is 0.915. The summed E-state index contributed by atoms with van der Waals surface area (Å²) >= 11 is 0. The Balaban J connectivity index is 1.50. The lowest BCUT2D eigenvalue weighted by atomic mass is 10.1. The first-order valence-electron chi connectivity index (χ1n) is 8.79. The smallest absolute Gasteiger partial charge is 0.274 e. The van der Waals surface area contributed by atoms with E-state index in [9.17, 15) is 9.59 Å². The van der Waals surface area contributed by atoms with Gasteiger partial charge in [0.25, 0.3) is 5.91 Å². The molecule has 0 spiro atoms. The third-order valence-electron chi connectivity index (χ3n) is 5.45. The molecule has 124 valence electrons. The summed E-state index contributed by atoms with van der Waals surface area (Å²) < 4.78 is 0. The number of hydrogen-bond donors (Lipinski definition) is 1. The van der Waals surface area contributed by atoms with Crippen molar-refractivity contribution in [3.8, 4) is 0 Å². The number of fused-ring (bicyclic) bond motifs is 1. The molecule has 1 N–H and O–H groups in total. The third-order valence-corrected chi connectivity index (χ3v) is 5.45. The van der Waals surface area contributed by atoms with E-state index in [1.54, 1.807) is 6.92 Å². The Morgan fingerprint density at radius 3 is 2.83 bits per heavy atom. The first-order valence-corrected chi connectivity index (χ1v) is 8.79. The van der Waals surface area contributed by atoms with Crippen LogP contribution in [0.3, 0.4) is 0 Å². The molecule has 0 aromatic carbocycles. The number of aromatic amines is 1. The van der Waals surface area contributed by atoms with E-state index in [1.165, 1.54) is 0 Å². The summed E-state index contributed by atoms with van der Waals surface area (Å²) in [7, 11) is 0. The van der Waals surface area contributed by atoms with E-state index >= 15 is 0 Å². The summed E-state index contributed by atoms with van der Waals surface area (Å²) in [5.74, 6) is 0.179. The monoisotopic (exact) mass is 316 g/mol. The fourth-order valence-electron chi connectivity index (χ4n) is 4.07. The first kappa shape index (κ1) is 14.7. The van der Waals surface area contributed by atoms with Crippen molar-refractivity contribution in [2.24, 2.45) is 0 Å². The van der Waals surface area contributed by atoms with Crippen molar-refractivity contribution in [1.82, 2.24) is 20.0 Å². The van der Waals surface area contributed by atoms with Crippen LogP contribution in [0.1, 0.15) is 60.8 Å². The van der Waals surface area contributed by atoms with Crippen LogP contribution in [-0.4, -0.2) is 57.0 Å². The number of rotatable bonds is 4. The molecule has 23 heavy (non-hydrogen) atoms. The van der Waals surface area contributed by atoms with E-state index in [0.29, 0.717) is 18.3 Å². The summed E-state index contributed by atoms with van der Waals surface area (Å²) in [5, 5.41) is 7.31.